The molecule has 0 saturated carbocycles. The molecule has 1 aromatic rings. The Morgan fingerprint density at radius 3 is 2.63 bits per heavy atom. The van der Waals surface area contributed by atoms with Gasteiger partial charge in [-0.05, 0) is 19.1 Å². The summed E-state index contributed by atoms with van der Waals surface area (Å²) in [6.45, 7) is 2.07. The van der Waals surface area contributed by atoms with Crippen LogP contribution < -0.4 is 16.6 Å². The lowest BCUT2D eigenvalue weighted by Gasteiger charge is -2.13. The maximum atomic E-state index is 13.4. The number of nitrogens with zero attached hydrogens (tertiary/aromatic N) is 1. The average Bonchev–Trinajstić information content (AvgIpc) is 2.38. The summed E-state index contributed by atoms with van der Waals surface area (Å²) in [5.74, 6) is 1.04. The molecule has 0 aliphatic rings. The number of hydrazine groups is 1. The Labute approximate surface area is 108 Å². The smallest absolute Gasteiger partial charge is 0.210 e. The third-order valence-corrected chi connectivity index (χ3v) is 2.18. The van der Waals surface area contributed by atoms with Gasteiger partial charge in [0.25, 0.3) is 0 Å². The summed E-state index contributed by atoms with van der Waals surface area (Å²) in [7, 11) is 1.50. The summed E-state index contributed by atoms with van der Waals surface area (Å²) in [5.41, 5.74) is 1.92. The highest BCUT2D eigenvalue weighted by Crippen LogP contribution is 2.19. The van der Waals surface area contributed by atoms with E-state index in [2.05, 4.69) is 15.7 Å². The number of halogens is 3. The van der Waals surface area contributed by atoms with Crippen molar-refractivity contribution >= 4 is 11.6 Å². The molecule has 1 unspecified atom stereocenters. The van der Waals surface area contributed by atoms with Gasteiger partial charge in [-0.25, -0.2) is 24.0 Å². The molecule has 106 valence electrons. The molecule has 1 atom stereocenters. The number of hydrogen-bond acceptors (Lipinski definition) is 3. The number of nitrogens with two attached hydrogens (primary N) is 1. The molecule has 0 aliphatic carbocycles. The molecule has 0 aromatic heterocycles. The van der Waals surface area contributed by atoms with E-state index in [0.29, 0.717) is 6.61 Å². The second-order valence-corrected chi connectivity index (χ2v) is 3.77. The Bertz CT molecular complexity index is 467. The lowest BCUT2D eigenvalue weighted by molar-refractivity contribution is 0.185. The molecule has 5 nitrogen and oxygen atoms in total. The number of anilines is 1. The van der Waals surface area contributed by atoms with E-state index in [0.717, 1.165) is 12.1 Å². The fraction of sp³-hybridized carbons (Fsp3) is 0.364. The molecule has 0 bridgehead atoms. The van der Waals surface area contributed by atoms with Crippen LogP contribution >= 0.6 is 0 Å². The first-order valence-corrected chi connectivity index (χ1v) is 5.43. The van der Waals surface area contributed by atoms with E-state index in [1.807, 2.05) is 0 Å². The van der Waals surface area contributed by atoms with Gasteiger partial charge in [0.1, 0.15) is 0 Å². The predicted molar refractivity (Wildman–Crippen MR) is 66.0 cm³/mol. The van der Waals surface area contributed by atoms with Crippen LogP contribution in [0, 0.1) is 17.5 Å². The Hall–Kier alpha value is -1.80. The van der Waals surface area contributed by atoms with Crippen LogP contribution in [0.3, 0.4) is 0 Å². The Balaban J connectivity index is 2.90. The largest absolute Gasteiger partial charge is 0.382 e. The third-order valence-electron chi connectivity index (χ3n) is 2.18. The first-order valence-electron chi connectivity index (χ1n) is 5.43. The molecule has 0 heterocycles. The van der Waals surface area contributed by atoms with Crippen molar-refractivity contribution < 1.29 is 17.9 Å². The van der Waals surface area contributed by atoms with Gasteiger partial charge in [-0.15, -0.1) is 0 Å². The molecule has 0 saturated heterocycles. The molecule has 0 radical (unpaired) electrons. The molecule has 1 aromatic carbocycles. The van der Waals surface area contributed by atoms with Crippen LogP contribution in [0.1, 0.15) is 6.92 Å². The molecule has 0 spiro atoms. The lowest BCUT2D eigenvalue weighted by Crippen LogP contribution is -2.37. The fourth-order valence-corrected chi connectivity index (χ4v) is 1.35. The van der Waals surface area contributed by atoms with E-state index < -0.39 is 17.5 Å². The molecule has 19 heavy (non-hydrogen) atoms. The highest BCUT2D eigenvalue weighted by Gasteiger charge is 2.14. The molecule has 0 aliphatic heterocycles. The van der Waals surface area contributed by atoms with E-state index in [1.54, 1.807) is 6.92 Å². The molecule has 1 rings (SSSR count). The number of methoxy groups -OCH3 is 1. The van der Waals surface area contributed by atoms with Crippen LogP contribution in [0.2, 0.25) is 0 Å². The topological polar surface area (TPSA) is 71.7 Å². The number of ether oxygens (including phenoxy) is 1. The second-order valence-electron chi connectivity index (χ2n) is 3.77. The Morgan fingerprint density at radius 1 is 1.37 bits per heavy atom. The zero-order valence-electron chi connectivity index (χ0n) is 10.5. The molecule has 8 heteroatoms. The van der Waals surface area contributed by atoms with Crippen LogP contribution in [0.25, 0.3) is 0 Å². The van der Waals surface area contributed by atoms with Crippen molar-refractivity contribution in [1.29, 1.82) is 0 Å². The van der Waals surface area contributed by atoms with Gasteiger partial charge in [0.15, 0.2) is 17.5 Å². The van der Waals surface area contributed by atoms with Gasteiger partial charge in [0.2, 0.25) is 5.96 Å². The number of aliphatic imine (C=N–C) groups is 1. The minimum Gasteiger partial charge on any atom is -0.382 e. The van der Waals surface area contributed by atoms with Gasteiger partial charge >= 0.3 is 0 Å². The average molecular weight is 276 g/mol. The summed E-state index contributed by atoms with van der Waals surface area (Å²) in [6, 6.07) is 1.59. The van der Waals surface area contributed by atoms with Gasteiger partial charge < -0.3 is 10.1 Å². The van der Waals surface area contributed by atoms with Gasteiger partial charge in [-0.2, -0.15) is 0 Å². The minimum absolute atomic E-state index is 0.00876. The van der Waals surface area contributed by atoms with Crippen molar-refractivity contribution in [2.24, 2.45) is 10.8 Å². The number of rotatable bonds is 4. The maximum Gasteiger partial charge on any atom is 0.210 e. The summed E-state index contributed by atoms with van der Waals surface area (Å²) in [5, 5.41) is 2.43. The van der Waals surface area contributed by atoms with Crippen molar-refractivity contribution in [2.75, 3.05) is 19.0 Å². The van der Waals surface area contributed by atoms with Gasteiger partial charge in [-0.1, -0.05) is 0 Å². The van der Waals surface area contributed by atoms with Crippen LogP contribution in [0.15, 0.2) is 17.1 Å². The van der Waals surface area contributed by atoms with Gasteiger partial charge in [-0.3, -0.25) is 5.43 Å². The van der Waals surface area contributed by atoms with Crippen LogP contribution in [-0.4, -0.2) is 25.7 Å². The predicted octanol–water partition coefficient (Wildman–Crippen LogP) is 1.37. The van der Waals surface area contributed by atoms with Crippen molar-refractivity contribution in [3.63, 3.8) is 0 Å². The minimum atomic E-state index is -1.56. The van der Waals surface area contributed by atoms with Gasteiger partial charge in [0, 0.05) is 7.11 Å². The molecule has 0 amide bonds. The van der Waals surface area contributed by atoms with E-state index in [1.165, 1.54) is 7.11 Å². The molecular weight excluding hydrogens is 261 g/mol. The third kappa shape index (κ3) is 4.11. The summed E-state index contributed by atoms with van der Waals surface area (Å²) >= 11 is 0. The van der Waals surface area contributed by atoms with Crippen molar-refractivity contribution in [3.8, 4) is 0 Å². The highest BCUT2D eigenvalue weighted by molar-refractivity contribution is 5.93. The lowest BCUT2D eigenvalue weighted by atomic mass is 10.3. The molecular formula is C11H15F3N4O. The highest BCUT2D eigenvalue weighted by atomic mass is 19.2. The van der Waals surface area contributed by atoms with Crippen LogP contribution in [0.5, 0.6) is 0 Å². The Morgan fingerprint density at radius 2 is 2.05 bits per heavy atom. The molecule has 0 fully saturated rings. The quantitative estimate of drug-likeness (QED) is 0.255. The van der Waals surface area contributed by atoms with E-state index in [-0.39, 0.29) is 17.7 Å². The Kier molecular flexibility index (Phi) is 5.58. The summed E-state index contributed by atoms with van der Waals surface area (Å²) in [6.07, 6.45) is 0. The summed E-state index contributed by atoms with van der Waals surface area (Å²) < 4.78 is 44.1. The molecule has 4 N–H and O–H groups in total. The van der Waals surface area contributed by atoms with Crippen molar-refractivity contribution in [2.45, 2.75) is 13.0 Å². The van der Waals surface area contributed by atoms with Crippen LogP contribution in [-0.2, 0) is 4.74 Å². The number of benzene rings is 1. The number of nitrogens with one attached hydrogen (secondary N) is 2. The van der Waals surface area contributed by atoms with Gasteiger partial charge in [0.05, 0.1) is 18.3 Å². The van der Waals surface area contributed by atoms with E-state index in [4.69, 9.17) is 10.6 Å². The first kappa shape index (κ1) is 15.3. The van der Waals surface area contributed by atoms with Crippen molar-refractivity contribution in [3.05, 3.63) is 29.6 Å². The number of hydrogen-bond donors (Lipinski definition) is 3. The fourth-order valence-electron chi connectivity index (χ4n) is 1.35. The second kappa shape index (κ2) is 6.95. The van der Waals surface area contributed by atoms with E-state index in [9.17, 15) is 13.2 Å². The first-order chi connectivity index (χ1) is 8.99. The zero-order chi connectivity index (χ0) is 14.4. The zero-order valence-corrected chi connectivity index (χ0v) is 10.5. The standard InChI is InChI=1S/C11H15F3N4O/c1-6(5-19-2)16-11(18-15)17-8-4-3-7(12)9(13)10(8)14/h3-4,6H,5,15H2,1-2H3,(H2,16,17,18). The number of guanidine groups is 1. The van der Waals surface area contributed by atoms with Crippen LogP contribution in [0.4, 0.5) is 18.9 Å². The van der Waals surface area contributed by atoms with Crippen molar-refractivity contribution in [1.82, 2.24) is 5.43 Å². The van der Waals surface area contributed by atoms with E-state index >= 15 is 0 Å². The normalized spacial score (nSPS) is 13.3. The monoisotopic (exact) mass is 276 g/mol. The SMILES string of the molecule is COCC(C)N=C(NN)Nc1ccc(F)c(F)c1F. The maximum absolute atomic E-state index is 13.4. The summed E-state index contributed by atoms with van der Waals surface area (Å²) in [4.78, 5) is 4.03.